The summed E-state index contributed by atoms with van der Waals surface area (Å²) in [4.78, 5) is 15.4. The first-order valence-electron chi connectivity index (χ1n) is 10.2. The first kappa shape index (κ1) is 19.7. The molecule has 0 spiro atoms. The van der Waals surface area contributed by atoms with E-state index < -0.39 is 6.04 Å². The Balaban J connectivity index is 1.62. The summed E-state index contributed by atoms with van der Waals surface area (Å²) in [7, 11) is 0. The first-order chi connectivity index (χ1) is 14.0. The van der Waals surface area contributed by atoms with E-state index in [1.54, 1.807) is 30.3 Å². The van der Waals surface area contributed by atoms with Gasteiger partial charge in [-0.15, -0.1) is 0 Å². The number of hydrazone groups is 1. The molecule has 0 radical (unpaired) electrons. The van der Waals surface area contributed by atoms with Crippen LogP contribution in [0.1, 0.15) is 49.8 Å². The van der Waals surface area contributed by atoms with E-state index in [-0.39, 0.29) is 24.1 Å². The predicted octanol–water partition coefficient (Wildman–Crippen LogP) is 4.52. The summed E-state index contributed by atoms with van der Waals surface area (Å²) < 4.78 is 27.8. The summed E-state index contributed by atoms with van der Waals surface area (Å²) in [5.74, 6) is -0.814. The Bertz CT molecular complexity index is 913. The lowest BCUT2D eigenvalue weighted by Crippen LogP contribution is -2.44. The van der Waals surface area contributed by atoms with Crippen LogP contribution in [0.3, 0.4) is 0 Å². The molecule has 2 aromatic carbocycles. The summed E-state index contributed by atoms with van der Waals surface area (Å²) in [5, 5.41) is 5.99. The molecule has 0 aliphatic carbocycles. The number of halogens is 2. The van der Waals surface area contributed by atoms with Gasteiger partial charge in [-0.05, 0) is 50.1 Å². The monoisotopic (exact) mass is 397 g/mol. The average molecular weight is 397 g/mol. The second kappa shape index (κ2) is 8.41. The Morgan fingerprint density at radius 2 is 1.86 bits per heavy atom. The van der Waals surface area contributed by atoms with Crippen LogP contribution in [0.4, 0.5) is 8.78 Å². The van der Waals surface area contributed by atoms with Gasteiger partial charge >= 0.3 is 0 Å². The molecular weight excluding hydrogens is 372 g/mol. The van der Waals surface area contributed by atoms with Crippen molar-refractivity contribution in [2.75, 3.05) is 13.1 Å². The van der Waals surface area contributed by atoms with Crippen LogP contribution in [-0.4, -0.2) is 40.7 Å². The molecule has 0 N–H and O–H groups in total. The maximum Gasteiger partial charge on any atom is 0.257 e. The smallest absolute Gasteiger partial charge is 0.257 e. The van der Waals surface area contributed by atoms with Gasteiger partial charge in [0.25, 0.3) is 5.91 Å². The van der Waals surface area contributed by atoms with Crippen molar-refractivity contribution in [2.45, 2.75) is 44.7 Å². The van der Waals surface area contributed by atoms with Crippen LogP contribution in [0.5, 0.6) is 0 Å². The minimum absolute atomic E-state index is 0.135. The highest BCUT2D eigenvalue weighted by molar-refractivity contribution is 6.03. The molecule has 4 rings (SSSR count). The maximum absolute atomic E-state index is 14.5. The van der Waals surface area contributed by atoms with Gasteiger partial charge < -0.3 is 0 Å². The van der Waals surface area contributed by atoms with Crippen LogP contribution < -0.4 is 0 Å². The number of hydrogen-bond donors (Lipinski definition) is 0. The Morgan fingerprint density at radius 3 is 2.59 bits per heavy atom. The number of benzene rings is 2. The predicted molar refractivity (Wildman–Crippen MR) is 108 cm³/mol. The van der Waals surface area contributed by atoms with Crippen molar-refractivity contribution in [3.05, 3.63) is 71.3 Å². The fourth-order valence-corrected chi connectivity index (χ4v) is 4.18. The van der Waals surface area contributed by atoms with Crippen LogP contribution in [0.2, 0.25) is 0 Å². The standard InChI is InChI=1S/C23H25F2N3O/c1-16-6-4-5-13-27(16)15-23(29)28-22(19-7-2-3-8-20(19)25)14-21(26-28)17-9-11-18(24)12-10-17/h2-3,7-12,16,22H,4-6,13-15H2,1H3/t16-,22+/m0/s1. The third-order valence-corrected chi connectivity index (χ3v) is 5.89. The SMILES string of the molecule is C[C@H]1CCCCN1CC(=O)N1N=C(c2ccc(F)cc2)C[C@@H]1c1ccccc1F. The summed E-state index contributed by atoms with van der Waals surface area (Å²) >= 11 is 0. The van der Waals surface area contributed by atoms with Crippen molar-refractivity contribution in [1.82, 2.24) is 9.91 Å². The molecule has 2 aliphatic heterocycles. The average Bonchev–Trinajstić information content (AvgIpc) is 3.16. The topological polar surface area (TPSA) is 35.9 Å². The summed E-state index contributed by atoms with van der Waals surface area (Å²) in [6, 6.07) is 12.4. The molecule has 4 nitrogen and oxygen atoms in total. The molecule has 0 aromatic heterocycles. The van der Waals surface area contributed by atoms with E-state index >= 15 is 0 Å². The highest BCUT2D eigenvalue weighted by Crippen LogP contribution is 2.34. The molecule has 29 heavy (non-hydrogen) atoms. The van der Waals surface area contributed by atoms with E-state index in [2.05, 4.69) is 16.9 Å². The zero-order valence-corrected chi connectivity index (χ0v) is 16.5. The van der Waals surface area contributed by atoms with Crippen LogP contribution in [-0.2, 0) is 4.79 Å². The second-order valence-electron chi connectivity index (χ2n) is 7.85. The molecule has 2 aromatic rings. The molecule has 2 heterocycles. The van der Waals surface area contributed by atoms with Crippen LogP contribution in [0.25, 0.3) is 0 Å². The van der Waals surface area contributed by atoms with Gasteiger partial charge in [-0.2, -0.15) is 5.10 Å². The van der Waals surface area contributed by atoms with Crippen LogP contribution in [0.15, 0.2) is 53.6 Å². The molecule has 152 valence electrons. The Kier molecular flexibility index (Phi) is 5.72. The number of likely N-dealkylation sites (tertiary alicyclic amines) is 1. The van der Waals surface area contributed by atoms with Gasteiger partial charge in [0.1, 0.15) is 11.6 Å². The van der Waals surface area contributed by atoms with E-state index in [9.17, 15) is 13.6 Å². The fraction of sp³-hybridized carbons (Fsp3) is 0.391. The molecule has 0 saturated carbocycles. The number of rotatable bonds is 4. The van der Waals surface area contributed by atoms with E-state index in [4.69, 9.17) is 0 Å². The van der Waals surface area contributed by atoms with Crippen molar-refractivity contribution in [3.63, 3.8) is 0 Å². The van der Waals surface area contributed by atoms with Gasteiger partial charge in [0.15, 0.2) is 0 Å². The van der Waals surface area contributed by atoms with Gasteiger partial charge in [0.05, 0.1) is 18.3 Å². The highest BCUT2D eigenvalue weighted by Gasteiger charge is 2.35. The zero-order valence-electron chi connectivity index (χ0n) is 16.5. The van der Waals surface area contributed by atoms with Gasteiger partial charge in [-0.1, -0.05) is 36.8 Å². The van der Waals surface area contributed by atoms with Crippen molar-refractivity contribution in [2.24, 2.45) is 5.10 Å². The van der Waals surface area contributed by atoms with E-state index in [0.29, 0.717) is 23.7 Å². The molecule has 0 unspecified atom stereocenters. The number of hydrogen-bond acceptors (Lipinski definition) is 3. The highest BCUT2D eigenvalue weighted by atomic mass is 19.1. The number of carbonyl (C=O) groups excluding carboxylic acids is 1. The van der Waals surface area contributed by atoms with Crippen LogP contribution in [0, 0.1) is 11.6 Å². The van der Waals surface area contributed by atoms with Gasteiger partial charge in [-0.25, -0.2) is 13.8 Å². The third-order valence-electron chi connectivity index (χ3n) is 5.89. The number of amides is 1. The van der Waals surface area contributed by atoms with Gasteiger partial charge in [0, 0.05) is 18.0 Å². The van der Waals surface area contributed by atoms with Crippen molar-refractivity contribution < 1.29 is 13.6 Å². The van der Waals surface area contributed by atoms with Crippen molar-refractivity contribution in [3.8, 4) is 0 Å². The fourth-order valence-electron chi connectivity index (χ4n) is 4.18. The molecule has 1 fully saturated rings. The van der Waals surface area contributed by atoms with Crippen molar-refractivity contribution >= 4 is 11.6 Å². The van der Waals surface area contributed by atoms with E-state index in [1.165, 1.54) is 29.6 Å². The first-order valence-corrected chi connectivity index (χ1v) is 10.2. The minimum Gasteiger partial charge on any atom is -0.292 e. The molecule has 1 amide bonds. The molecule has 2 atom stereocenters. The summed E-state index contributed by atoms with van der Waals surface area (Å²) in [6.45, 7) is 3.30. The van der Waals surface area contributed by atoms with Crippen LogP contribution >= 0.6 is 0 Å². The quantitative estimate of drug-likeness (QED) is 0.761. The molecule has 0 bridgehead atoms. The number of nitrogens with zero attached hydrogens (tertiary/aromatic N) is 3. The third kappa shape index (κ3) is 4.22. The van der Waals surface area contributed by atoms with E-state index in [0.717, 1.165) is 24.9 Å². The molecule has 1 saturated heterocycles. The lowest BCUT2D eigenvalue weighted by atomic mass is 9.98. The Hall–Kier alpha value is -2.60. The normalized spacial score (nSPS) is 22.6. The minimum atomic E-state index is -0.496. The van der Waals surface area contributed by atoms with Crippen molar-refractivity contribution in [1.29, 1.82) is 0 Å². The largest absolute Gasteiger partial charge is 0.292 e. The Morgan fingerprint density at radius 1 is 1.10 bits per heavy atom. The maximum atomic E-state index is 14.5. The lowest BCUT2D eigenvalue weighted by molar-refractivity contribution is -0.135. The second-order valence-corrected chi connectivity index (χ2v) is 7.85. The number of carbonyl (C=O) groups is 1. The van der Waals surface area contributed by atoms with E-state index in [1.807, 2.05) is 0 Å². The summed E-state index contributed by atoms with van der Waals surface area (Å²) in [5.41, 5.74) is 1.86. The molecular formula is C23H25F2N3O. The summed E-state index contributed by atoms with van der Waals surface area (Å²) in [6.07, 6.45) is 3.74. The Labute approximate surface area is 169 Å². The lowest BCUT2D eigenvalue weighted by Gasteiger charge is -2.34. The number of piperidine rings is 1. The van der Waals surface area contributed by atoms with Gasteiger partial charge in [0.2, 0.25) is 0 Å². The molecule has 2 aliphatic rings. The zero-order chi connectivity index (χ0) is 20.4. The molecule has 6 heteroatoms. The van der Waals surface area contributed by atoms with Gasteiger partial charge in [-0.3, -0.25) is 9.69 Å².